The molecule has 1 aromatic carbocycles. The van der Waals surface area contributed by atoms with Crippen LogP contribution in [0.5, 0.6) is 5.75 Å². The molecule has 34 heavy (non-hydrogen) atoms. The van der Waals surface area contributed by atoms with Gasteiger partial charge in [-0.2, -0.15) is 0 Å². The molecule has 1 aromatic rings. The Kier molecular flexibility index (Phi) is 6.06. The maximum Gasteiger partial charge on any atom is 0.350 e. The maximum atomic E-state index is 13.3. The summed E-state index contributed by atoms with van der Waals surface area (Å²) in [6.07, 6.45) is 9.34. The molecule has 0 heterocycles. The van der Waals surface area contributed by atoms with Crippen LogP contribution in [0.25, 0.3) is 0 Å². The van der Waals surface area contributed by atoms with Crippen molar-refractivity contribution in [1.29, 1.82) is 0 Å². The first-order valence-corrected chi connectivity index (χ1v) is 13.6. The van der Waals surface area contributed by atoms with Gasteiger partial charge in [0, 0.05) is 23.3 Å². The third-order valence-electron chi connectivity index (χ3n) is 10.3. The van der Waals surface area contributed by atoms with E-state index in [2.05, 4.69) is 13.8 Å². The summed E-state index contributed by atoms with van der Waals surface area (Å²) in [4.78, 5) is 25.4. The average Bonchev–Trinajstić information content (AvgIpc) is 3.12. The molecule has 4 aliphatic rings. The third kappa shape index (κ3) is 3.98. The summed E-state index contributed by atoms with van der Waals surface area (Å²) in [5.74, 6) is 3.35. The lowest BCUT2D eigenvalue weighted by Gasteiger charge is -2.60. The number of benzene rings is 1. The van der Waals surface area contributed by atoms with E-state index in [-0.39, 0.29) is 17.5 Å². The fourth-order valence-corrected chi connectivity index (χ4v) is 8.43. The first-order chi connectivity index (χ1) is 16.0. The highest BCUT2D eigenvalue weighted by Crippen LogP contribution is 2.66. The molecule has 0 aliphatic heterocycles. The minimum atomic E-state index is -1.07. The minimum Gasteiger partial charge on any atom is -0.476 e. The van der Waals surface area contributed by atoms with Crippen LogP contribution in [0.4, 0.5) is 0 Å². The Bertz CT molecular complexity index is 955. The number of esters is 1. The van der Waals surface area contributed by atoms with Crippen molar-refractivity contribution in [2.45, 2.75) is 97.2 Å². The van der Waals surface area contributed by atoms with E-state index in [1.54, 1.807) is 38.1 Å². The monoisotopic (exact) mass is 486 g/mol. The standard InChI is InChI=1S/C29H39ClO4/c1-27(2,34-21-8-6-19(30)7-9-21)26(32)33-25-12-11-23-22-10-5-18-17-20(31)13-15-28(18,3)24(22)14-16-29(23,25)4/h6-9,18,22-25H,5,10-17H2,1-4H3/t18-,22-,23+,24-,25+,28-,29-/m0/s1. The van der Waals surface area contributed by atoms with E-state index in [1.165, 1.54) is 19.3 Å². The Hall–Kier alpha value is -1.55. The van der Waals surface area contributed by atoms with Gasteiger partial charge in [0.1, 0.15) is 17.6 Å². The third-order valence-corrected chi connectivity index (χ3v) is 10.6. The van der Waals surface area contributed by atoms with Crippen molar-refractivity contribution in [3.63, 3.8) is 0 Å². The van der Waals surface area contributed by atoms with E-state index in [1.807, 2.05) is 0 Å². The molecule has 5 heteroatoms. The van der Waals surface area contributed by atoms with Gasteiger partial charge in [0.2, 0.25) is 0 Å². The highest BCUT2D eigenvalue weighted by Gasteiger charge is 2.61. The Morgan fingerprint density at radius 2 is 1.68 bits per heavy atom. The SMILES string of the molecule is CC(C)(Oc1ccc(Cl)cc1)C(=O)O[C@@H]1CC[C@@H]2[C@@H]3CC[C@H]4CC(=O)CC[C@]4(C)[C@H]3CC[C@@]21C. The van der Waals surface area contributed by atoms with Crippen molar-refractivity contribution < 1.29 is 19.1 Å². The summed E-state index contributed by atoms with van der Waals surface area (Å²) in [5.41, 5.74) is -0.734. The number of Topliss-reactive ketones (excluding diaryl/α,β-unsaturated/α-hetero) is 1. The number of ether oxygens (including phenoxy) is 2. The van der Waals surface area contributed by atoms with Crippen molar-refractivity contribution >= 4 is 23.4 Å². The lowest BCUT2D eigenvalue weighted by atomic mass is 9.45. The predicted octanol–water partition coefficient (Wildman–Crippen LogP) is 7.02. The number of fused-ring (bicyclic) bond motifs is 5. The van der Waals surface area contributed by atoms with Gasteiger partial charge in [-0.15, -0.1) is 0 Å². The topological polar surface area (TPSA) is 52.6 Å². The van der Waals surface area contributed by atoms with Crippen LogP contribution in [-0.2, 0) is 14.3 Å². The molecule has 186 valence electrons. The molecule has 5 rings (SSSR count). The second kappa shape index (κ2) is 8.54. The minimum absolute atomic E-state index is 0.0286. The second-order valence-electron chi connectivity index (χ2n) is 12.5. The van der Waals surface area contributed by atoms with Gasteiger partial charge in [-0.1, -0.05) is 25.4 Å². The van der Waals surface area contributed by atoms with Gasteiger partial charge >= 0.3 is 5.97 Å². The summed E-state index contributed by atoms with van der Waals surface area (Å²) in [5, 5.41) is 0.635. The van der Waals surface area contributed by atoms with Gasteiger partial charge in [0.15, 0.2) is 5.60 Å². The summed E-state index contributed by atoms with van der Waals surface area (Å²) in [6.45, 7) is 8.40. The molecule has 4 aliphatic carbocycles. The molecular formula is C29H39ClO4. The zero-order valence-electron chi connectivity index (χ0n) is 21.1. The van der Waals surface area contributed by atoms with Gasteiger partial charge in [0.25, 0.3) is 0 Å². The van der Waals surface area contributed by atoms with Gasteiger partial charge in [0.05, 0.1) is 0 Å². The molecule has 4 saturated carbocycles. The van der Waals surface area contributed by atoms with E-state index in [0.29, 0.717) is 45.6 Å². The fourth-order valence-electron chi connectivity index (χ4n) is 8.30. The lowest BCUT2D eigenvalue weighted by Crippen LogP contribution is -2.54. The molecule has 0 N–H and O–H groups in total. The second-order valence-corrected chi connectivity index (χ2v) is 12.9. The van der Waals surface area contributed by atoms with Crippen LogP contribution in [0.1, 0.15) is 85.5 Å². The molecule has 4 nitrogen and oxygen atoms in total. The van der Waals surface area contributed by atoms with Crippen LogP contribution in [0, 0.1) is 34.5 Å². The average molecular weight is 487 g/mol. The number of ketones is 1. The zero-order valence-corrected chi connectivity index (χ0v) is 21.8. The molecule has 0 bridgehead atoms. The molecule has 0 aromatic heterocycles. The number of hydrogen-bond acceptors (Lipinski definition) is 4. The number of hydrogen-bond donors (Lipinski definition) is 0. The highest BCUT2D eigenvalue weighted by atomic mass is 35.5. The largest absolute Gasteiger partial charge is 0.476 e. The first-order valence-electron chi connectivity index (χ1n) is 13.2. The van der Waals surface area contributed by atoms with Crippen LogP contribution >= 0.6 is 11.6 Å². The molecule has 0 spiro atoms. The molecule has 4 fully saturated rings. The van der Waals surface area contributed by atoms with E-state index >= 15 is 0 Å². The molecule has 0 saturated heterocycles. The molecule has 0 unspecified atom stereocenters. The number of carbonyl (C=O) groups excluding carboxylic acids is 2. The summed E-state index contributed by atoms with van der Waals surface area (Å²) >= 11 is 5.98. The molecule has 0 amide bonds. The quantitative estimate of drug-likeness (QED) is 0.429. The number of halogens is 1. The van der Waals surface area contributed by atoms with Crippen molar-refractivity contribution in [2.75, 3.05) is 0 Å². The molecular weight excluding hydrogens is 448 g/mol. The lowest BCUT2D eigenvalue weighted by molar-refractivity contribution is -0.177. The van der Waals surface area contributed by atoms with Gasteiger partial charge < -0.3 is 9.47 Å². The van der Waals surface area contributed by atoms with Gasteiger partial charge in [-0.3, -0.25) is 4.79 Å². The Morgan fingerprint density at radius 3 is 2.41 bits per heavy atom. The Balaban J connectivity index is 1.28. The number of rotatable bonds is 4. The predicted molar refractivity (Wildman–Crippen MR) is 133 cm³/mol. The highest BCUT2D eigenvalue weighted by molar-refractivity contribution is 6.30. The van der Waals surface area contributed by atoms with Crippen LogP contribution in [-0.4, -0.2) is 23.5 Å². The van der Waals surface area contributed by atoms with Gasteiger partial charge in [-0.25, -0.2) is 4.79 Å². The van der Waals surface area contributed by atoms with E-state index in [4.69, 9.17) is 21.1 Å². The van der Waals surface area contributed by atoms with E-state index < -0.39 is 5.60 Å². The Morgan fingerprint density at radius 1 is 0.971 bits per heavy atom. The van der Waals surface area contributed by atoms with Crippen molar-refractivity contribution in [3.05, 3.63) is 29.3 Å². The fraction of sp³-hybridized carbons (Fsp3) is 0.724. The van der Waals surface area contributed by atoms with Crippen LogP contribution in [0.2, 0.25) is 5.02 Å². The maximum absolute atomic E-state index is 13.3. The van der Waals surface area contributed by atoms with Crippen molar-refractivity contribution in [1.82, 2.24) is 0 Å². The Labute approximate surface area is 209 Å². The smallest absolute Gasteiger partial charge is 0.350 e. The van der Waals surface area contributed by atoms with Crippen molar-refractivity contribution in [2.24, 2.45) is 34.5 Å². The van der Waals surface area contributed by atoms with E-state index in [9.17, 15) is 9.59 Å². The van der Waals surface area contributed by atoms with Crippen molar-refractivity contribution in [3.8, 4) is 5.75 Å². The van der Waals surface area contributed by atoms with Crippen LogP contribution in [0.15, 0.2) is 24.3 Å². The van der Waals surface area contributed by atoms with Crippen LogP contribution < -0.4 is 4.74 Å². The van der Waals surface area contributed by atoms with E-state index in [0.717, 1.165) is 38.5 Å². The molecule has 7 atom stereocenters. The van der Waals surface area contributed by atoms with Crippen LogP contribution in [0.3, 0.4) is 0 Å². The normalized spacial score (nSPS) is 39.6. The summed E-state index contributed by atoms with van der Waals surface area (Å²) in [7, 11) is 0. The zero-order chi connectivity index (χ0) is 24.3. The summed E-state index contributed by atoms with van der Waals surface area (Å²) < 4.78 is 12.2. The molecule has 0 radical (unpaired) electrons. The summed E-state index contributed by atoms with van der Waals surface area (Å²) in [6, 6.07) is 7.08. The van der Waals surface area contributed by atoms with Gasteiger partial charge in [-0.05, 0) is 112 Å². The number of carbonyl (C=O) groups is 2. The first kappa shape index (κ1) is 24.2.